The van der Waals surface area contributed by atoms with Crippen molar-refractivity contribution in [1.82, 2.24) is 25.8 Å². The fourth-order valence-electron chi connectivity index (χ4n) is 3.72. The van der Waals surface area contributed by atoms with Gasteiger partial charge in [-0.1, -0.05) is 43.9 Å². The summed E-state index contributed by atoms with van der Waals surface area (Å²) >= 11 is 2.82. The summed E-state index contributed by atoms with van der Waals surface area (Å²) < 4.78 is 5.31. The molecule has 2 amide bonds. The van der Waals surface area contributed by atoms with Crippen LogP contribution in [0.5, 0.6) is 0 Å². The summed E-state index contributed by atoms with van der Waals surface area (Å²) in [6.45, 7) is 5.33. The summed E-state index contributed by atoms with van der Waals surface area (Å²) in [7, 11) is 0. The van der Waals surface area contributed by atoms with Crippen LogP contribution in [0.3, 0.4) is 0 Å². The first kappa shape index (κ1) is 26.8. The van der Waals surface area contributed by atoms with E-state index in [-0.39, 0.29) is 5.91 Å². The van der Waals surface area contributed by atoms with Crippen LogP contribution in [0.4, 0.5) is 4.79 Å². The number of aromatic nitrogens is 3. The second kappa shape index (κ2) is 13.3. The topological polar surface area (TPSA) is 129 Å². The number of hydrogen-bond donors (Lipinski definition) is 4. The predicted octanol–water partition coefficient (Wildman–Crippen LogP) is 2.97. The van der Waals surface area contributed by atoms with Crippen molar-refractivity contribution in [2.24, 2.45) is 5.92 Å². The molecule has 0 spiro atoms. The molecule has 32 heavy (non-hydrogen) atoms. The number of aromatic amines is 1. The van der Waals surface area contributed by atoms with Crippen LogP contribution >= 0.6 is 23.5 Å². The molecular weight excluding hydrogens is 450 g/mol. The molecule has 9 nitrogen and oxygen atoms in total. The number of rotatable bonds is 11. The van der Waals surface area contributed by atoms with Crippen LogP contribution in [0.25, 0.3) is 0 Å². The monoisotopic (exact) mass is 487 g/mol. The molecule has 1 saturated carbocycles. The molecule has 1 aromatic rings. The number of thioether (sulfide) groups is 2. The third-order valence-corrected chi connectivity index (χ3v) is 6.87. The molecule has 0 radical (unpaired) electrons. The van der Waals surface area contributed by atoms with E-state index >= 15 is 0 Å². The van der Waals surface area contributed by atoms with Gasteiger partial charge in [0.2, 0.25) is 5.91 Å². The molecule has 1 heterocycles. The Hall–Kier alpha value is -1.46. The van der Waals surface area contributed by atoms with Crippen molar-refractivity contribution < 1.29 is 19.4 Å². The zero-order valence-electron chi connectivity index (χ0n) is 19.4. The number of carbonyl (C=O) groups is 2. The van der Waals surface area contributed by atoms with E-state index in [1.807, 2.05) is 6.26 Å². The van der Waals surface area contributed by atoms with Gasteiger partial charge in [-0.2, -0.15) is 16.9 Å². The van der Waals surface area contributed by atoms with E-state index in [9.17, 15) is 14.7 Å². The number of alkyl carbamates (subject to hydrolysis) is 1. The molecule has 4 N–H and O–H groups in total. The highest BCUT2D eigenvalue weighted by Crippen LogP contribution is 2.29. The Morgan fingerprint density at radius 1 is 1.25 bits per heavy atom. The Balaban J connectivity index is 2.02. The maximum absolute atomic E-state index is 13.1. The predicted molar refractivity (Wildman–Crippen MR) is 128 cm³/mol. The first-order valence-electron chi connectivity index (χ1n) is 11.1. The molecule has 182 valence electrons. The lowest BCUT2D eigenvalue weighted by molar-refractivity contribution is -0.124. The highest BCUT2D eigenvalue weighted by Gasteiger charge is 2.30. The molecule has 2 rings (SSSR count). The van der Waals surface area contributed by atoms with E-state index in [2.05, 4.69) is 25.8 Å². The molecule has 0 saturated heterocycles. The van der Waals surface area contributed by atoms with Gasteiger partial charge in [0.1, 0.15) is 18.0 Å². The van der Waals surface area contributed by atoms with Gasteiger partial charge in [0.15, 0.2) is 5.16 Å². The first-order valence-corrected chi connectivity index (χ1v) is 13.5. The second-order valence-electron chi connectivity index (χ2n) is 9.18. The van der Waals surface area contributed by atoms with Gasteiger partial charge in [0.05, 0.1) is 12.1 Å². The van der Waals surface area contributed by atoms with Crippen LogP contribution < -0.4 is 10.6 Å². The van der Waals surface area contributed by atoms with Gasteiger partial charge in [-0.25, -0.2) is 9.78 Å². The van der Waals surface area contributed by atoms with Crippen LogP contribution in [0.15, 0.2) is 11.5 Å². The van der Waals surface area contributed by atoms with Crippen molar-refractivity contribution in [2.75, 3.05) is 17.8 Å². The highest BCUT2D eigenvalue weighted by atomic mass is 32.2. The summed E-state index contributed by atoms with van der Waals surface area (Å²) in [5.74, 6) is 0.940. The number of ether oxygens (including phenoxy) is 1. The van der Waals surface area contributed by atoms with Crippen LogP contribution in [0, 0.1) is 5.92 Å². The average Bonchev–Trinajstić information content (AvgIpc) is 3.24. The number of nitrogens with zero attached hydrogens (tertiary/aromatic N) is 2. The molecule has 1 aliphatic rings. The van der Waals surface area contributed by atoms with Crippen LogP contribution in [-0.2, 0) is 9.53 Å². The zero-order valence-corrected chi connectivity index (χ0v) is 21.1. The number of nitrogens with one attached hydrogen (secondary N) is 3. The molecule has 1 fully saturated rings. The molecule has 3 atom stereocenters. The highest BCUT2D eigenvalue weighted by molar-refractivity contribution is 7.99. The van der Waals surface area contributed by atoms with Crippen molar-refractivity contribution in [3.63, 3.8) is 0 Å². The molecule has 0 bridgehead atoms. The molecule has 0 aromatic carbocycles. The SMILES string of the molecule is CSC[C@H](NC(=O)OC(C)(C)C)C(=O)N[C@@H](CC1CCCCC1)[C@@H](O)CSc1ncn[nH]1. The van der Waals surface area contributed by atoms with Crippen LogP contribution in [-0.4, -0.2) is 73.8 Å². The van der Waals surface area contributed by atoms with Gasteiger partial charge in [0.25, 0.3) is 0 Å². The molecule has 1 aromatic heterocycles. The number of H-pyrrole nitrogens is 1. The van der Waals surface area contributed by atoms with E-state index < -0.39 is 29.9 Å². The van der Waals surface area contributed by atoms with Crippen LogP contribution in [0.2, 0.25) is 0 Å². The normalized spacial score (nSPS) is 17.9. The Labute approximate surface area is 199 Å². The van der Waals surface area contributed by atoms with Gasteiger partial charge in [-0.05, 0) is 39.4 Å². The minimum absolute atomic E-state index is 0.310. The number of amides is 2. The standard InChI is InChI=1S/C21H37N5O4S2/c1-21(2,3)30-20(29)25-16(11-31-4)18(28)24-15(10-14-8-6-5-7-9-14)17(27)12-32-19-22-13-23-26-19/h13-17,27H,5-12H2,1-4H3,(H,24,28)(H,25,29)(H,22,23,26)/t15-,16-,17-/m0/s1. The number of hydrogen-bond acceptors (Lipinski definition) is 8. The number of carbonyl (C=O) groups excluding carboxylic acids is 2. The minimum atomic E-state index is -0.757. The van der Waals surface area contributed by atoms with E-state index in [4.69, 9.17) is 4.74 Å². The van der Waals surface area contributed by atoms with Gasteiger partial charge < -0.3 is 20.5 Å². The summed E-state index contributed by atoms with van der Waals surface area (Å²) in [4.78, 5) is 29.4. The summed E-state index contributed by atoms with van der Waals surface area (Å²) in [6.07, 6.45) is 8.45. The van der Waals surface area contributed by atoms with Gasteiger partial charge in [-0.15, -0.1) is 0 Å². The van der Waals surface area contributed by atoms with Crippen molar-refractivity contribution in [1.29, 1.82) is 0 Å². The van der Waals surface area contributed by atoms with Crippen molar-refractivity contribution in [3.8, 4) is 0 Å². The van der Waals surface area contributed by atoms with E-state index in [1.54, 1.807) is 20.8 Å². The molecule has 0 aliphatic heterocycles. The van der Waals surface area contributed by atoms with E-state index in [0.717, 1.165) is 12.8 Å². The lowest BCUT2D eigenvalue weighted by Gasteiger charge is -2.31. The Morgan fingerprint density at radius 3 is 2.56 bits per heavy atom. The number of aliphatic hydroxyl groups excluding tert-OH is 1. The van der Waals surface area contributed by atoms with Crippen molar-refractivity contribution in [3.05, 3.63) is 6.33 Å². The third kappa shape index (κ3) is 9.99. The quantitative estimate of drug-likeness (QED) is 0.351. The van der Waals surface area contributed by atoms with Crippen LogP contribution in [0.1, 0.15) is 59.3 Å². The van der Waals surface area contributed by atoms with E-state index in [0.29, 0.717) is 29.0 Å². The Bertz CT molecular complexity index is 693. The first-order chi connectivity index (χ1) is 15.2. The Kier molecular flexibility index (Phi) is 11.1. The largest absolute Gasteiger partial charge is 0.444 e. The van der Waals surface area contributed by atoms with Crippen molar-refractivity contribution in [2.45, 2.75) is 88.2 Å². The Morgan fingerprint density at radius 2 is 1.97 bits per heavy atom. The van der Waals surface area contributed by atoms with Gasteiger partial charge in [0, 0.05) is 11.5 Å². The maximum Gasteiger partial charge on any atom is 0.408 e. The fourth-order valence-corrected chi connectivity index (χ4v) is 5.09. The molecule has 0 unspecified atom stereocenters. The lowest BCUT2D eigenvalue weighted by atomic mass is 9.84. The smallest absolute Gasteiger partial charge is 0.408 e. The molecule has 11 heteroatoms. The molecule has 1 aliphatic carbocycles. The van der Waals surface area contributed by atoms with E-state index in [1.165, 1.54) is 49.1 Å². The number of aliphatic hydroxyl groups is 1. The summed E-state index contributed by atoms with van der Waals surface area (Å²) in [5.41, 5.74) is -0.651. The summed E-state index contributed by atoms with van der Waals surface area (Å²) in [5, 5.41) is 23.8. The maximum atomic E-state index is 13.1. The van der Waals surface area contributed by atoms with Gasteiger partial charge in [-0.3, -0.25) is 9.89 Å². The molecular formula is C21H37N5O4S2. The summed E-state index contributed by atoms with van der Waals surface area (Å²) in [6, 6.07) is -1.16. The van der Waals surface area contributed by atoms with Crippen molar-refractivity contribution >= 4 is 35.5 Å². The van der Waals surface area contributed by atoms with Gasteiger partial charge >= 0.3 is 6.09 Å². The third-order valence-electron chi connectivity index (χ3n) is 5.23. The zero-order chi connectivity index (χ0) is 23.6. The second-order valence-corrected chi connectivity index (χ2v) is 11.1. The lowest BCUT2D eigenvalue weighted by Crippen LogP contribution is -2.55. The fraction of sp³-hybridized carbons (Fsp3) is 0.810. The average molecular weight is 488 g/mol. The minimum Gasteiger partial charge on any atom is -0.444 e.